The molecule has 3 rings (SSSR count). The maximum atomic E-state index is 9.63. The van der Waals surface area contributed by atoms with Crippen LogP contribution in [0.15, 0.2) is 24.3 Å². The molecule has 0 amide bonds. The number of nitrogens with one attached hydrogen (secondary N) is 1. The summed E-state index contributed by atoms with van der Waals surface area (Å²) < 4.78 is 0. The van der Waals surface area contributed by atoms with Gasteiger partial charge in [0, 0.05) is 20.1 Å². The second kappa shape index (κ2) is 4.42. The summed E-state index contributed by atoms with van der Waals surface area (Å²) in [5.41, 5.74) is 1.76. The molecule has 2 N–H and O–H groups in total. The monoisotopic (exact) mass is 244 g/mol. The minimum atomic E-state index is -0.261. The van der Waals surface area contributed by atoms with Crippen LogP contribution in [0.2, 0.25) is 0 Å². The lowest BCUT2D eigenvalue weighted by Crippen LogP contribution is -2.23. The minimum Gasteiger partial charge on any atom is -0.391 e. The lowest BCUT2D eigenvalue weighted by atomic mass is 10.3. The van der Waals surface area contributed by atoms with Crippen molar-refractivity contribution in [3.8, 4) is 0 Å². The fourth-order valence-electron chi connectivity index (χ4n) is 2.31. The lowest BCUT2D eigenvalue weighted by Gasteiger charge is -2.19. The van der Waals surface area contributed by atoms with Crippen molar-refractivity contribution in [2.75, 3.05) is 30.4 Å². The van der Waals surface area contributed by atoms with E-state index in [1.54, 1.807) is 0 Å². The first-order chi connectivity index (χ1) is 8.78. The SMILES string of the molecule is CNc1nc2ccccc2nc1N1CC[C@H](O)C1. The normalized spacial score (nSPS) is 19.4. The Kier molecular flexibility index (Phi) is 2.76. The van der Waals surface area contributed by atoms with Crippen molar-refractivity contribution in [1.82, 2.24) is 9.97 Å². The summed E-state index contributed by atoms with van der Waals surface area (Å²) in [6, 6.07) is 7.82. The molecule has 1 aromatic heterocycles. The van der Waals surface area contributed by atoms with Gasteiger partial charge in [-0.15, -0.1) is 0 Å². The van der Waals surface area contributed by atoms with Crippen LogP contribution < -0.4 is 10.2 Å². The third-order valence-electron chi connectivity index (χ3n) is 3.25. The maximum Gasteiger partial charge on any atom is 0.172 e. The second-order valence-corrected chi connectivity index (χ2v) is 4.52. The molecule has 0 unspecified atom stereocenters. The van der Waals surface area contributed by atoms with Gasteiger partial charge in [0.1, 0.15) is 0 Å². The van der Waals surface area contributed by atoms with Crippen molar-refractivity contribution in [2.24, 2.45) is 0 Å². The highest BCUT2D eigenvalue weighted by Gasteiger charge is 2.24. The number of nitrogens with zero attached hydrogens (tertiary/aromatic N) is 3. The molecule has 0 saturated carbocycles. The predicted octanol–water partition coefficient (Wildman–Crippen LogP) is 1.24. The van der Waals surface area contributed by atoms with Crippen molar-refractivity contribution in [1.29, 1.82) is 0 Å². The molecule has 2 heterocycles. The predicted molar refractivity (Wildman–Crippen MR) is 71.9 cm³/mol. The van der Waals surface area contributed by atoms with Gasteiger partial charge in [0.05, 0.1) is 17.1 Å². The van der Waals surface area contributed by atoms with E-state index in [0.717, 1.165) is 35.6 Å². The van der Waals surface area contributed by atoms with Gasteiger partial charge in [0.15, 0.2) is 11.6 Å². The highest BCUT2D eigenvalue weighted by molar-refractivity contribution is 5.80. The Bertz CT molecular complexity index is 572. The summed E-state index contributed by atoms with van der Waals surface area (Å²) in [6.45, 7) is 1.45. The van der Waals surface area contributed by atoms with E-state index in [1.165, 1.54) is 0 Å². The van der Waals surface area contributed by atoms with E-state index in [4.69, 9.17) is 0 Å². The lowest BCUT2D eigenvalue weighted by molar-refractivity contribution is 0.198. The Morgan fingerprint density at radius 1 is 1.28 bits per heavy atom. The zero-order valence-corrected chi connectivity index (χ0v) is 10.3. The second-order valence-electron chi connectivity index (χ2n) is 4.52. The molecule has 0 aliphatic carbocycles. The first-order valence-electron chi connectivity index (χ1n) is 6.15. The summed E-state index contributed by atoms with van der Waals surface area (Å²) in [5.74, 6) is 1.59. The van der Waals surface area contributed by atoms with Crippen molar-refractivity contribution < 1.29 is 5.11 Å². The summed E-state index contributed by atoms with van der Waals surface area (Å²) in [7, 11) is 1.84. The van der Waals surface area contributed by atoms with Gasteiger partial charge >= 0.3 is 0 Å². The molecule has 94 valence electrons. The number of aliphatic hydroxyl groups excluding tert-OH is 1. The van der Waals surface area contributed by atoms with Gasteiger partial charge in [-0.3, -0.25) is 0 Å². The number of anilines is 2. The largest absolute Gasteiger partial charge is 0.391 e. The molecule has 1 atom stereocenters. The molecule has 1 aliphatic heterocycles. The molecule has 2 aromatic rings. The molecular formula is C13H16N4O. The van der Waals surface area contributed by atoms with Gasteiger partial charge in [-0.05, 0) is 18.6 Å². The standard InChI is InChI=1S/C13H16N4O/c1-14-12-13(17-7-6-9(18)8-17)16-11-5-3-2-4-10(11)15-12/h2-5,9,18H,6-8H2,1H3,(H,14,15)/t9-/m0/s1. The van der Waals surface area contributed by atoms with Crippen LogP contribution in [0.3, 0.4) is 0 Å². The smallest absolute Gasteiger partial charge is 0.172 e. The summed E-state index contributed by atoms with van der Waals surface area (Å²) in [5, 5.41) is 12.7. The highest BCUT2D eigenvalue weighted by Crippen LogP contribution is 2.27. The molecule has 18 heavy (non-hydrogen) atoms. The first kappa shape index (κ1) is 11.2. The van der Waals surface area contributed by atoms with Crippen molar-refractivity contribution in [3.05, 3.63) is 24.3 Å². The van der Waals surface area contributed by atoms with Gasteiger partial charge in [0.25, 0.3) is 0 Å². The molecule has 1 aliphatic rings. The summed E-state index contributed by atoms with van der Waals surface area (Å²) in [4.78, 5) is 11.3. The quantitative estimate of drug-likeness (QED) is 0.832. The zero-order valence-electron chi connectivity index (χ0n) is 10.3. The molecule has 0 radical (unpaired) electrons. The molecule has 0 bridgehead atoms. The topological polar surface area (TPSA) is 61.3 Å². The molecule has 0 spiro atoms. The average molecular weight is 244 g/mol. The number of para-hydroxylation sites is 2. The molecule has 1 aromatic carbocycles. The van der Waals surface area contributed by atoms with Crippen molar-refractivity contribution in [2.45, 2.75) is 12.5 Å². The van der Waals surface area contributed by atoms with Crippen molar-refractivity contribution in [3.63, 3.8) is 0 Å². The Morgan fingerprint density at radius 2 is 2.00 bits per heavy atom. The number of fused-ring (bicyclic) bond motifs is 1. The molecule has 5 nitrogen and oxygen atoms in total. The molecule has 1 saturated heterocycles. The van der Waals surface area contributed by atoms with Gasteiger partial charge in [0.2, 0.25) is 0 Å². The van der Waals surface area contributed by atoms with Gasteiger partial charge in [-0.2, -0.15) is 0 Å². The molecule has 1 fully saturated rings. The number of aliphatic hydroxyl groups is 1. The van der Waals surface area contributed by atoms with Gasteiger partial charge < -0.3 is 15.3 Å². The van der Waals surface area contributed by atoms with Crippen LogP contribution in [0.5, 0.6) is 0 Å². The Labute approximate surface area is 105 Å². The highest BCUT2D eigenvalue weighted by atomic mass is 16.3. The molecule has 5 heteroatoms. The summed E-state index contributed by atoms with van der Waals surface area (Å²) in [6.07, 6.45) is 0.528. The van der Waals surface area contributed by atoms with Crippen LogP contribution in [0.4, 0.5) is 11.6 Å². The van der Waals surface area contributed by atoms with Crippen LogP contribution in [0.1, 0.15) is 6.42 Å². The van der Waals surface area contributed by atoms with Crippen LogP contribution in [-0.4, -0.2) is 41.3 Å². The number of hydrogen-bond donors (Lipinski definition) is 2. The van der Waals surface area contributed by atoms with E-state index in [0.29, 0.717) is 6.54 Å². The number of β-amino-alcohol motifs (C(OH)–C–C–N with tert-alkyl or cyclic N) is 1. The van der Waals surface area contributed by atoms with Crippen molar-refractivity contribution >= 4 is 22.7 Å². The van der Waals surface area contributed by atoms with E-state index < -0.39 is 0 Å². The third kappa shape index (κ3) is 1.86. The van der Waals surface area contributed by atoms with Gasteiger partial charge in [-0.25, -0.2) is 9.97 Å². The van der Waals surface area contributed by atoms with E-state index in [2.05, 4.69) is 20.2 Å². The first-order valence-corrected chi connectivity index (χ1v) is 6.15. The van der Waals surface area contributed by atoms with E-state index in [9.17, 15) is 5.11 Å². The Balaban J connectivity index is 2.09. The number of rotatable bonds is 2. The molecular weight excluding hydrogens is 228 g/mol. The van der Waals surface area contributed by atoms with Crippen LogP contribution in [0.25, 0.3) is 11.0 Å². The van der Waals surface area contributed by atoms with E-state index >= 15 is 0 Å². The zero-order chi connectivity index (χ0) is 12.5. The van der Waals surface area contributed by atoms with Gasteiger partial charge in [-0.1, -0.05) is 12.1 Å². The van der Waals surface area contributed by atoms with Crippen LogP contribution in [-0.2, 0) is 0 Å². The number of benzene rings is 1. The summed E-state index contributed by atoms with van der Waals surface area (Å²) >= 11 is 0. The Hall–Kier alpha value is -1.88. The minimum absolute atomic E-state index is 0.261. The fourth-order valence-corrected chi connectivity index (χ4v) is 2.31. The number of aromatic nitrogens is 2. The van der Waals surface area contributed by atoms with E-state index in [-0.39, 0.29) is 6.10 Å². The maximum absolute atomic E-state index is 9.63. The van der Waals surface area contributed by atoms with Crippen LogP contribution in [0, 0.1) is 0 Å². The Morgan fingerprint density at radius 3 is 2.61 bits per heavy atom. The number of hydrogen-bond acceptors (Lipinski definition) is 5. The van der Waals surface area contributed by atoms with E-state index in [1.807, 2.05) is 31.3 Å². The third-order valence-corrected chi connectivity index (χ3v) is 3.25. The fraction of sp³-hybridized carbons (Fsp3) is 0.385. The average Bonchev–Trinajstić information content (AvgIpc) is 2.83. The van der Waals surface area contributed by atoms with Crippen LogP contribution >= 0.6 is 0 Å².